The van der Waals surface area contributed by atoms with Crippen molar-refractivity contribution in [2.75, 3.05) is 31.1 Å². The van der Waals surface area contributed by atoms with Gasteiger partial charge in [0, 0.05) is 37.4 Å². The smallest absolute Gasteiger partial charge is 0.410 e. The molecule has 2 aliphatic rings. The van der Waals surface area contributed by atoms with E-state index < -0.39 is 5.60 Å². The lowest BCUT2D eigenvalue weighted by molar-refractivity contribution is 0.0152. The van der Waals surface area contributed by atoms with E-state index in [1.807, 2.05) is 37.8 Å². The van der Waals surface area contributed by atoms with Crippen molar-refractivity contribution in [3.63, 3.8) is 0 Å². The maximum atomic E-state index is 12.2. The lowest BCUT2D eigenvalue weighted by atomic mass is 9.79. The van der Waals surface area contributed by atoms with Crippen molar-refractivity contribution in [1.29, 1.82) is 0 Å². The van der Waals surface area contributed by atoms with Gasteiger partial charge in [0.1, 0.15) is 5.60 Å². The van der Waals surface area contributed by atoms with Gasteiger partial charge in [-0.2, -0.15) is 0 Å². The molecule has 2 saturated heterocycles. The topological polar surface area (TPSA) is 75.9 Å². The molecule has 3 rings (SSSR count). The zero-order valence-electron chi connectivity index (χ0n) is 17.3. The van der Waals surface area contributed by atoms with Crippen molar-refractivity contribution in [3.8, 4) is 0 Å². The third-order valence-electron chi connectivity index (χ3n) is 5.91. The third kappa shape index (κ3) is 5.18. The summed E-state index contributed by atoms with van der Waals surface area (Å²) in [4.78, 5) is 27.7. The van der Waals surface area contributed by atoms with Crippen molar-refractivity contribution in [3.05, 3.63) is 29.8 Å². The van der Waals surface area contributed by atoms with E-state index in [9.17, 15) is 9.59 Å². The number of likely N-dealkylation sites (tertiary alicyclic amines) is 1. The van der Waals surface area contributed by atoms with Crippen molar-refractivity contribution >= 4 is 17.7 Å². The monoisotopic (exact) mass is 387 g/mol. The van der Waals surface area contributed by atoms with Gasteiger partial charge in [-0.3, -0.25) is 4.79 Å². The Morgan fingerprint density at radius 3 is 1.89 bits per heavy atom. The van der Waals surface area contributed by atoms with E-state index >= 15 is 0 Å². The summed E-state index contributed by atoms with van der Waals surface area (Å²) in [6.45, 7) is 9.40. The zero-order chi connectivity index (χ0) is 20.3. The summed E-state index contributed by atoms with van der Waals surface area (Å²) in [6, 6.07) is 7.58. The van der Waals surface area contributed by atoms with Crippen LogP contribution in [-0.4, -0.2) is 48.7 Å². The first-order chi connectivity index (χ1) is 13.2. The van der Waals surface area contributed by atoms with Crippen LogP contribution in [0.2, 0.25) is 0 Å². The maximum Gasteiger partial charge on any atom is 0.410 e. The molecule has 0 radical (unpaired) electrons. The molecule has 6 nitrogen and oxygen atoms in total. The van der Waals surface area contributed by atoms with Crippen LogP contribution < -0.4 is 10.6 Å². The number of benzene rings is 1. The highest BCUT2D eigenvalue weighted by Crippen LogP contribution is 2.34. The fourth-order valence-corrected chi connectivity index (χ4v) is 4.35. The minimum atomic E-state index is -0.434. The van der Waals surface area contributed by atoms with Crippen molar-refractivity contribution in [1.82, 2.24) is 4.90 Å². The molecule has 0 spiro atoms. The van der Waals surface area contributed by atoms with Gasteiger partial charge < -0.3 is 20.3 Å². The predicted octanol–water partition coefficient (Wildman–Crippen LogP) is 3.65. The number of primary amides is 1. The summed E-state index contributed by atoms with van der Waals surface area (Å²) >= 11 is 0. The normalized spacial score (nSPS) is 19.5. The van der Waals surface area contributed by atoms with Gasteiger partial charge in [0.25, 0.3) is 0 Å². The number of piperidine rings is 2. The molecule has 2 aliphatic heterocycles. The molecule has 6 heteroatoms. The number of hydrogen-bond donors (Lipinski definition) is 1. The van der Waals surface area contributed by atoms with Crippen LogP contribution in [0, 0.1) is 11.8 Å². The lowest BCUT2D eigenvalue weighted by Gasteiger charge is -2.41. The molecule has 1 aromatic rings. The van der Waals surface area contributed by atoms with Gasteiger partial charge in [-0.25, -0.2) is 4.79 Å². The second-order valence-electron chi connectivity index (χ2n) is 9.04. The second-order valence-corrected chi connectivity index (χ2v) is 9.04. The molecule has 0 saturated carbocycles. The summed E-state index contributed by atoms with van der Waals surface area (Å²) < 4.78 is 5.50. The van der Waals surface area contributed by atoms with Crippen molar-refractivity contribution < 1.29 is 14.3 Å². The average molecular weight is 388 g/mol. The van der Waals surface area contributed by atoms with Gasteiger partial charge in [0.15, 0.2) is 0 Å². The number of ether oxygens (including phenoxy) is 1. The first kappa shape index (κ1) is 20.5. The Bertz CT molecular complexity index is 680. The number of nitrogens with two attached hydrogens (primary N) is 1. The van der Waals surface area contributed by atoms with Crippen LogP contribution in [0.15, 0.2) is 24.3 Å². The van der Waals surface area contributed by atoms with Crippen LogP contribution in [0.1, 0.15) is 56.8 Å². The van der Waals surface area contributed by atoms with Crippen LogP contribution in [-0.2, 0) is 4.74 Å². The van der Waals surface area contributed by atoms with E-state index in [-0.39, 0.29) is 12.0 Å². The van der Waals surface area contributed by atoms with E-state index in [0.29, 0.717) is 11.5 Å². The summed E-state index contributed by atoms with van der Waals surface area (Å²) in [5.41, 5.74) is 6.59. The molecule has 0 aliphatic carbocycles. The fourth-order valence-electron chi connectivity index (χ4n) is 4.35. The Hall–Kier alpha value is -2.24. The fraction of sp³-hybridized carbons (Fsp3) is 0.636. The Labute approximate surface area is 168 Å². The first-order valence-corrected chi connectivity index (χ1v) is 10.4. The van der Waals surface area contributed by atoms with E-state index in [4.69, 9.17) is 10.5 Å². The maximum absolute atomic E-state index is 12.2. The summed E-state index contributed by atoms with van der Waals surface area (Å²) in [6.07, 6.45) is 4.30. The predicted molar refractivity (Wildman–Crippen MR) is 110 cm³/mol. The number of carbonyl (C=O) groups is 2. The van der Waals surface area contributed by atoms with E-state index in [2.05, 4.69) is 4.90 Å². The quantitative estimate of drug-likeness (QED) is 0.859. The van der Waals surface area contributed by atoms with Gasteiger partial charge in [-0.05, 0) is 82.6 Å². The lowest BCUT2D eigenvalue weighted by Crippen LogP contribution is -2.44. The Kier molecular flexibility index (Phi) is 6.16. The molecular formula is C22H33N3O3. The number of carbonyl (C=O) groups excluding carboxylic acids is 2. The van der Waals surface area contributed by atoms with Crippen LogP contribution in [0.3, 0.4) is 0 Å². The van der Waals surface area contributed by atoms with Crippen LogP contribution in [0.4, 0.5) is 10.5 Å². The van der Waals surface area contributed by atoms with Gasteiger partial charge >= 0.3 is 6.09 Å². The SMILES string of the molecule is CC(C)(C)OC(=O)N1CCC(C2CCN(c3ccc(C(N)=O)cc3)CC2)CC1. The van der Waals surface area contributed by atoms with E-state index in [0.717, 1.165) is 50.6 Å². The molecule has 2 heterocycles. The third-order valence-corrected chi connectivity index (χ3v) is 5.91. The second kappa shape index (κ2) is 8.41. The number of nitrogens with zero attached hydrogens (tertiary/aromatic N) is 2. The highest BCUT2D eigenvalue weighted by Gasteiger charge is 2.32. The van der Waals surface area contributed by atoms with Crippen LogP contribution in [0.5, 0.6) is 0 Å². The molecule has 154 valence electrons. The van der Waals surface area contributed by atoms with Gasteiger partial charge in [0.2, 0.25) is 5.91 Å². The minimum Gasteiger partial charge on any atom is -0.444 e. The largest absolute Gasteiger partial charge is 0.444 e. The summed E-state index contributed by atoms with van der Waals surface area (Å²) in [7, 11) is 0. The minimum absolute atomic E-state index is 0.180. The zero-order valence-corrected chi connectivity index (χ0v) is 17.3. The number of amides is 2. The van der Waals surface area contributed by atoms with Gasteiger partial charge in [-0.1, -0.05) is 0 Å². The Balaban J connectivity index is 1.46. The van der Waals surface area contributed by atoms with E-state index in [1.165, 1.54) is 12.8 Å². The summed E-state index contributed by atoms with van der Waals surface area (Å²) in [5.74, 6) is 1.03. The Morgan fingerprint density at radius 1 is 0.929 bits per heavy atom. The molecule has 0 unspecified atom stereocenters. The van der Waals surface area contributed by atoms with Gasteiger partial charge in [-0.15, -0.1) is 0 Å². The summed E-state index contributed by atoms with van der Waals surface area (Å²) in [5, 5.41) is 0. The highest BCUT2D eigenvalue weighted by atomic mass is 16.6. The van der Waals surface area contributed by atoms with Crippen molar-refractivity contribution in [2.45, 2.75) is 52.1 Å². The average Bonchev–Trinajstić information content (AvgIpc) is 2.67. The molecular weight excluding hydrogens is 354 g/mol. The molecule has 0 atom stereocenters. The Morgan fingerprint density at radius 2 is 1.43 bits per heavy atom. The molecule has 1 aromatic carbocycles. The number of hydrogen-bond acceptors (Lipinski definition) is 4. The van der Waals surface area contributed by atoms with E-state index in [1.54, 1.807) is 12.1 Å². The molecule has 2 fully saturated rings. The van der Waals surface area contributed by atoms with Gasteiger partial charge in [0.05, 0.1) is 0 Å². The number of anilines is 1. The van der Waals surface area contributed by atoms with Crippen LogP contribution >= 0.6 is 0 Å². The molecule has 0 aromatic heterocycles. The van der Waals surface area contributed by atoms with Crippen molar-refractivity contribution in [2.24, 2.45) is 17.6 Å². The van der Waals surface area contributed by atoms with Crippen LogP contribution in [0.25, 0.3) is 0 Å². The molecule has 0 bridgehead atoms. The highest BCUT2D eigenvalue weighted by molar-refractivity contribution is 5.93. The first-order valence-electron chi connectivity index (χ1n) is 10.4. The number of rotatable bonds is 3. The molecule has 28 heavy (non-hydrogen) atoms. The molecule has 2 N–H and O–H groups in total. The molecule has 2 amide bonds. The standard InChI is InChI=1S/C22H33N3O3/c1-22(2,3)28-21(27)25-14-10-17(11-15-25)16-8-12-24(13-9-16)19-6-4-18(5-7-19)20(23)26/h4-7,16-17H,8-15H2,1-3H3,(H2,23,26).